The summed E-state index contributed by atoms with van der Waals surface area (Å²) in [6, 6.07) is 0.451. The Morgan fingerprint density at radius 2 is 1.50 bits per heavy atom. The van der Waals surface area contributed by atoms with Crippen LogP contribution in [-0.2, 0) is 0 Å². The van der Waals surface area contributed by atoms with Crippen LogP contribution in [0.5, 0.6) is 0 Å². The van der Waals surface area contributed by atoms with Gasteiger partial charge >= 0.3 is 0 Å². The van der Waals surface area contributed by atoms with Gasteiger partial charge in [0.25, 0.3) is 0 Å². The Labute approximate surface area is 87.3 Å². The summed E-state index contributed by atoms with van der Waals surface area (Å²) in [5, 5.41) is 11.1. The molecule has 0 aromatic rings. The molecule has 2 atom stereocenters. The first-order chi connectivity index (χ1) is 6.79. The lowest BCUT2D eigenvalue weighted by Crippen LogP contribution is -2.40. The zero-order valence-electron chi connectivity index (χ0n) is 9.28. The summed E-state index contributed by atoms with van der Waals surface area (Å²) in [7, 11) is 1.83. The lowest BCUT2D eigenvalue weighted by atomic mass is 9.75. The Balaban J connectivity index is 1.98. The van der Waals surface area contributed by atoms with E-state index in [1.807, 2.05) is 7.05 Å². The molecule has 0 saturated heterocycles. The lowest BCUT2D eigenvalue weighted by molar-refractivity contribution is -0.134. The van der Waals surface area contributed by atoms with Crippen molar-refractivity contribution < 1.29 is 5.21 Å². The highest BCUT2D eigenvalue weighted by Gasteiger charge is 2.34. The number of hydroxylamine groups is 2. The Bertz CT molecular complexity index is 175. The highest BCUT2D eigenvalue weighted by Crippen LogP contribution is 2.40. The summed E-state index contributed by atoms with van der Waals surface area (Å²) in [5.41, 5.74) is 0. The van der Waals surface area contributed by atoms with E-state index in [0.29, 0.717) is 6.04 Å². The van der Waals surface area contributed by atoms with Gasteiger partial charge in [-0.1, -0.05) is 38.5 Å². The minimum Gasteiger partial charge on any atom is -0.314 e. The van der Waals surface area contributed by atoms with Gasteiger partial charge in [-0.15, -0.1) is 0 Å². The maximum Gasteiger partial charge on any atom is 0.0377 e. The molecular formula is C12H23NO. The smallest absolute Gasteiger partial charge is 0.0377 e. The van der Waals surface area contributed by atoms with E-state index in [1.165, 1.54) is 56.4 Å². The molecule has 2 aliphatic rings. The number of nitrogens with zero attached hydrogens (tertiary/aromatic N) is 1. The van der Waals surface area contributed by atoms with Gasteiger partial charge in [0.2, 0.25) is 0 Å². The summed E-state index contributed by atoms with van der Waals surface area (Å²) >= 11 is 0. The fourth-order valence-electron chi connectivity index (χ4n) is 3.54. The molecule has 2 saturated carbocycles. The molecule has 82 valence electrons. The molecule has 0 bridgehead atoms. The van der Waals surface area contributed by atoms with Gasteiger partial charge in [-0.3, -0.25) is 0 Å². The average Bonchev–Trinajstić information content (AvgIpc) is 2.70. The molecule has 2 unspecified atom stereocenters. The van der Waals surface area contributed by atoms with Gasteiger partial charge in [-0.25, -0.2) is 0 Å². The first kappa shape index (κ1) is 10.4. The average molecular weight is 197 g/mol. The van der Waals surface area contributed by atoms with E-state index in [4.69, 9.17) is 0 Å². The minimum absolute atomic E-state index is 0.451. The minimum atomic E-state index is 0.451. The fourth-order valence-corrected chi connectivity index (χ4v) is 3.54. The van der Waals surface area contributed by atoms with Crippen LogP contribution in [0.4, 0.5) is 0 Å². The highest BCUT2D eigenvalue weighted by atomic mass is 16.5. The normalized spacial score (nSPS) is 35.4. The lowest BCUT2D eigenvalue weighted by Gasteiger charge is -2.38. The third-order valence-electron chi connectivity index (χ3n) is 4.27. The van der Waals surface area contributed by atoms with Crippen LogP contribution in [0, 0.1) is 11.8 Å². The quantitative estimate of drug-likeness (QED) is 0.688. The number of rotatable bonds is 2. The second kappa shape index (κ2) is 4.63. The van der Waals surface area contributed by atoms with Gasteiger partial charge in [0.15, 0.2) is 0 Å². The molecule has 0 radical (unpaired) electrons. The van der Waals surface area contributed by atoms with Crippen LogP contribution in [0.2, 0.25) is 0 Å². The van der Waals surface area contributed by atoms with Gasteiger partial charge in [0, 0.05) is 13.1 Å². The third kappa shape index (κ3) is 2.12. The monoisotopic (exact) mass is 197 g/mol. The summed E-state index contributed by atoms with van der Waals surface area (Å²) in [5.74, 6) is 1.69. The molecular weight excluding hydrogens is 174 g/mol. The zero-order chi connectivity index (χ0) is 9.97. The molecule has 1 N–H and O–H groups in total. The summed E-state index contributed by atoms with van der Waals surface area (Å²) < 4.78 is 0. The van der Waals surface area contributed by atoms with Crippen LogP contribution in [0.3, 0.4) is 0 Å². The van der Waals surface area contributed by atoms with Crippen molar-refractivity contribution in [2.45, 2.75) is 57.4 Å². The van der Waals surface area contributed by atoms with Crippen molar-refractivity contribution in [3.8, 4) is 0 Å². The van der Waals surface area contributed by atoms with Gasteiger partial charge < -0.3 is 5.21 Å². The molecule has 0 aromatic heterocycles. The molecule has 0 aliphatic heterocycles. The van der Waals surface area contributed by atoms with Crippen molar-refractivity contribution in [2.24, 2.45) is 11.8 Å². The van der Waals surface area contributed by atoms with Crippen LogP contribution in [0.1, 0.15) is 51.4 Å². The van der Waals surface area contributed by atoms with Gasteiger partial charge in [0.05, 0.1) is 0 Å². The predicted octanol–water partition coefficient (Wildman–Crippen LogP) is 3.06. The first-order valence-corrected chi connectivity index (χ1v) is 6.21. The molecule has 2 aliphatic carbocycles. The van der Waals surface area contributed by atoms with Crippen molar-refractivity contribution in [1.82, 2.24) is 5.06 Å². The van der Waals surface area contributed by atoms with E-state index in [2.05, 4.69) is 0 Å². The second-order valence-electron chi connectivity index (χ2n) is 5.13. The zero-order valence-corrected chi connectivity index (χ0v) is 9.28. The van der Waals surface area contributed by atoms with E-state index in [9.17, 15) is 5.21 Å². The summed E-state index contributed by atoms with van der Waals surface area (Å²) in [6.45, 7) is 0. The maximum atomic E-state index is 9.64. The van der Waals surface area contributed by atoms with Crippen molar-refractivity contribution in [1.29, 1.82) is 0 Å². The van der Waals surface area contributed by atoms with E-state index >= 15 is 0 Å². The predicted molar refractivity (Wildman–Crippen MR) is 57.3 cm³/mol. The van der Waals surface area contributed by atoms with E-state index in [-0.39, 0.29) is 0 Å². The molecule has 2 fully saturated rings. The summed E-state index contributed by atoms with van der Waals surface area (Å²) in [6.07, 6.45) is 10.9. The van der Waals surface area contributed by atoms with E-state index in [0.717, 1.165) is 11.8 Å². The fraction of sp³-hybridized carbons (Fsp3) is 1.00. The molecule has 2 rings (SSSR count). The second-order valence-corrected chi connectivity index (χ2v) is 5.13. The number of hydrogen-bond donors (Lipinski definition) is 1. The molecule has 0 aromatic carbocycles. The van der Waals surface area contributed by atoms with Crippen LogP contribution < -0.4 is 0 Å². The topological polar surface area (TPSA) is 23.5 Å². The standard InChI is InChI=1S/C12H23NO/c1-13(14)12-9-5-4-8-11(12)10-6-2-3-7-10/h10-12,14H,2-9H2,1H3. The summed E-state index contributed by atoms with van der Waals surface area (Å²) in [4.78, 5) is 0. The van der Waals surface area contributed by atoms with Crippen LogP contribution in [0.15, 0.2) is 0 Å². The molecule has 0 spiro atoms. The molecule has 0 heterocycles. The van der Waals surface area contributed by atoms with Crippen LogP contribution in [-0.4, -0.2) is 23.4 Å². The van der Waals surface area contributed by atoms with Crippen molar-refractivity contribution in [2.75, 3.05) is 7.05 Å². The molecule has 14 heavy (non-hydrogen) atoms. The highest BCUT2D eigenvalue weighted by molar-refractivity contribution is 4.86. The van der Waals surface area contributed by atoms with Crippen molar-refractivity contribution in [3.05, 3.63) is 0 Å². The SMILES string of the molecule is CN(O)C1CCCCC1C1CCCC1. The van der Waals surface area contributed by atoms with Gasteiger partial charge in [0.1, 0.15) is 0 Å². The molecule has 2 nitrogen and oxygen atoms in total. The number of hydrogen-bond acceptors (Lipinski definition) is 2. The van der Waals surface area contributed by atoms with Crippen molar-refractivity contribution >= 4 is 0 Å². The van der Waals surface area contributed by atoms with E-state index < -0.39 is 0 Å². The van der Waals surface area contributed by atoms with Crippen molar-refractivity contribution in [3.63, 3.8) is 0 Å². The molecule has 2 heteroatoms. The largest absolute Gasteiger partial charge is 0.314 e. The van der Waals surface area contributed by atoms with Crippen LogP contribution in [0.25, 0.3) is 0 Å². The Morgan fingerprint density at radius 3 is 2.14 bits per heavy atom. The third-order valence-corrected chi connectivity index (χ3v) is 4.27. The van der Waals surface area contributed by atoms with E-state index in [1.54, 1.807) is 0 Å². The molecule has 0 amide bonds. The first-order valence-electron chi connectivity index (χ1n) is 6.21. The Hall–Kier alpha value is -0.0800. The Morgan fingerprint density at radius 1 is 0.929 bits per heavy atom. The van der Waals surface area contributed by atoms with Gasteiger partial charge in [-0.05, 0) is 24.7 Å². The van der Waals surface area contributed by atoms with Gasteiger partial charge in [-0.2, -0.15) is 5.06 Å². The maximum absolute atomic E-state index is 9.64. The van der Waals surface area contributed by atoms with Crippen LogP contribution >= 0.6 is 0 Å². The Kier molecular flexibility index (Phi) is 3.45.